The molecule has 0 saturated carbocycles. The number of nitrogens with zero attached hydrogens (tertiary/aromatic N) is 1. The number of aromatic nitrogens is 2. The summed E-state index contributed by atoms with van der Waals surface area (Å²) in [4.78, 5) is 7.12. The smallest absolute Gasteiger partial charge is 0.0924 e. The minimum atomic E-state index is 0.512. The third kappa shape index (κ3) is 2.49. The lowest BCUT2D eigenvalue weighted by Crippen LogP contribution is -2.23. The van der Waals surface area contributed by atoms with Gasteiger partial charge in [0.1, 0.15) is 0 Å². The monoisotopic (exact) mass is 215 g/mol. The summed E-state index contributed by atoms with van der Waals surface area (Å²) in [7, 11) is 1.99. The number of likely N-dealkylation sites (N-methyl/N-ethyl adjacent to an activating group) is 1. The number of rotatable bonds is 4. The molecule has 0 aliphatic heterocycles. The zero-order valence-corrected chi connectivity index (χ0v) is 9.70. The van der Waals surface area contributed by atoms with E-state index >= 15 is 0 Å². The van der Waals surface area contributed by atoms with Gasteiger partial charge >= 0.3 is 0 Å². The van der Waals surface area contributed by atoms with Crippen molar-refractivity contribution >= 4 is 0 Å². The lowest BCUT2D eigenvalue weighted by molar-refractivity contribution is 0.608. The highest BCUT2D eigenvalue weighted by Gasteiger charge is 2.02. The van der Waals surface area contributed by atoms with Gasteiger partial charge in [-0.2, -0.15) is 0 Å². The van der Waals surface area contributed by atoms with E-state index in [2.05, 4.69) is 46.5 Å². The highest BCUT2D eigenvalue weighted by atomic mass is 14.9. The molecule has 1 heterocycles. The van der Waals surface area contributed by atoms with Crippen LogP contribution in [0.15, 0.2) is 36.8 Å². The maximum atomic E-state index is 4.02. The number of nitrogens with one attached hydrogen (secondary N) is 2. The maximum absolute atomic E-state index is 4.02. The molecule has 0 aliphatic carbocycles. The Kier molecular flexibility index (Phi) is 3.37. The fourth-order valence-electron chi connectivity index (χ4n) is 1.69. The van der Waals surface area contributed by atoms with Gasteiger partial charge in [-0.05, 0) is 31.5 Å². The van der Waals surface area contributed by atoms with Gasteiger partial charge in [-0.3, -0.25) is 0 Å². The molecule has 0 spiro atoms. The number of hydrogen-bond acceptors (Lipinski definition) is 2. The molecule has 0 fully saturated rings. The van der Waals surface area contributed by atoms with Crippen molar-refractivity contribution in [3.63, 3.8) is 0 Å². The molecule has 2 N–H and O–H groups in total. The van der Waals surface area contributed by atoms with Crippen LogP contribution in [0.25, 0.3) is 11.3 Å². The summed E-state index contributed by atoms with van der Waals surface area (Å²) in [5.74, 6) is 0. The van der Waals surface area contributed by atoms with Gasteiger partial charge in [0.25, 0.3) is 0 Å². The Labute approximate surface area is 95.9 Å². The van der Waals surface area contributed by atoms with Crippen molar-refractivity contribution in [1.29, 1.82) is 0 Å². The van der Waals surface area contributed by atoms with Crippen LogP contribution in [0.5, 0.6) is 0 Å². The second kappa shape index (κ2) is 4.94. The lowest BCUT2D eigenvalue weighted by Gasteiger charge is -2.10. The van der Waals surface area contributed by atoms with E-state index in [1.807, 2.05) is 13.2 Å². The van der Waals surface area contributed by atoms with E-state index in [1.54, 1.807) is 6.33 Å². The highest BCUT2D eigenvalue weighted by molar-refractivity contribution is 5.58. The quantitative estimate of drug-likeness (QED) is 0.821. The SMILES string of the molecule is CNC(C)Cc1ccc(-c2cnc[nH]2)cc1. The highest BCUT2D eigenvalue weighted by Crippen LogP contribution is 2.16. The van der Waals surface area contributed by atoms with Gasteiger partial charge in [0.2, 0.25) is 0 Å². The van der Waals surface area contributed by atoms with Crippen molar-refractivity contribution in [1.82, 2.24) is 15.3 Å². The predicted molar refractivity (Wildman–Crippen MR) is 66.2 cm³/mol. The lowest BCUT2D eigenvalue weighted by atomic mass is 10.0. The molecule has 1 aromatic carbocycles. The molecule has 1 atom stereocenters. The number of benzene rings is 1. The summed E-state index contributed by atoms with van der Waals surface area (Å²) in [5, 5.41) is 3.24. The van der Waals surface area contributed by atoms with Gasteiger partial charge < -0.3 is 10.3 Å². The third-order valence-electron chi connectivity index (χ3n) is 2.80. The molecule has 1 aromatic heterocycles. The molecule has 3 heteroatoms. The van der Waals surface area contributed by atoms with E-state index < -0.39 is 0 Å². The Morgan fingerprint density at radius 3 is 2.62 bits per heavy atom. The average molecular weight is 215 g/mol. The summed E-state index contributed by atoms with van der Waals surface area (Å²) < 4.78 is 0. The Balaban J connectivity index is 2.11. The van der Waals surface area contributed by atoms with Crippen LogP contribution < -0.4 is 5.32 Å². The second-order valence-electron chi connectivity index (χ2n) is 4.06. The molecule has 16 heavy (non-hydrogen) atoms. The van der Waals surface area contributed by atoms with Crippen LogP contribution in [0.4, 0.5) is 0 Å². The molecule has 0 saturated heterocycles. The van der Waals surface area contributed by atoms with E-state index in [0.29, 0.717) is 6.04 Å². The van der Waals surface area contributed by atoms with Gasteiger partial charge in [0.05, 0.1) is 18.2 Å². The average Bonchev–Trinajstić information content (AvgIpc) is 2.83. The van der Waals surface area contributed by atoms with E-state index in [4.69, 9.17) is 0 Å². The molecule has 0 amide bonds. The largest absolute Gasteiger partial charge is 0.345 e. The zero-order valence-electron chi connectivity index (χ0n) is 9.70. The van der Waals surface area contributed by atoms with E-state index in [9.17, 15) is 0 Å². The second-order valence-corrected chi connectivity index (χ2v) is 4.06. The van der Waals surface area contributed by atoms with Crippen molar-refractivity contribution in [2.75, 3.05) is 7.05 Å². The van der Waals surface area contributed by atoms with Crippen LogP contribution in [0.1, 0.15) is 12.5 Å². The summed E-state index contributed by atoms with van der Waals surface area (Å²) in [6.07, 6.45) is 4.59. The van der Waals surface area contributed by atoms with Crippen molar-refractivity contribution in [2.24, 2.45) is 0 Å². The van der Waals surface area contributed by atoms with E-state index in [0.717, 1.165) is 12.1 Å². The number of imidazole rings is 1. The van der Waals surface area contributed by atoms with Crippen molar-refractivity contribution in [2.45, 2.75) is 19.4 Å². The molecular weight excluding hydrogens is 198 g/mol. The Morgan fingerprint density at radius 1 is 1.31 bits per heavy atom. The van der Waals surface area contributed by atoms with Crippen LogP contribution in [0, 0.1) is 0 Å². The molecule has 2 rings (SSSR count). The third-order valence-corrected chi connectivity index (χ3v) is 2.80. The summed E-state index contributed by atoms with van der Waals surface area (Å²) in [6, 6.07) is 9.11. The molecule has 84 valence electrons. The Morgan fingerprint density at radius 2 is 2.06 bits per heavy atom. The number of aromatic amines is 1. The van der Waals surface area contributed by atoms with Gasteiger partial charge in [-0.1, -0.05) is 24.3 Å². The predicted octanol–water partition coefficient (Wildman–Crippen LogP) is 2.23. The van der Waals surface area contributed by atoms with Gasteiger partial charge in [-0.15, -0.1) is 0 Å². The summed E-state index contributed by atoms with van der Waals surface area (Å²) in [5.41, 5.74) is 3.59. The number of hydrogen-bond donors (Lipinski definition) is 2. The summed E-state index contributed by atoms with van der Waals surface area (Å²) in [6.45, 7) is 2.18. The molecule has 0 bridgehead atoms. The van der Waals surface area contributed by atoms with Crippen molar-refractivity contribution in [3.8, 4) is 11.3 Å². The Hall–Kier alpha value is -1.61. The molecule has 2 aromatic rings. The standard InChI is InChI=1S/C13H17N3/c1-10(14-2)7-11-3-5-12(6-4-11)13-8-15-9-16-13/h3-6,8-10,14H,7H2,1-2H3,(H,15,16). The minimum absolute atomic E-state index is 0.512. The van der Waals surface area contributed by atoms with Gasteiger partial charge in [-0.25, -0.2) is 4.98 Å². The van der Waals surface area contributed by atoms with Crippen molar-refractivity contribution < 1.29 is 0 Å². The van der Waals surface area contributed by atoms with Crippen LogP contribution in [-0.2, 0) is 6.42 Å². The van der Waals surface area contributed by atoms with Crippen LogP contribution in [-0.4, -0.2) is 23.1 Å². The molecule has 0 radical (unpaired) electrons. The summed E-state index contributed by atoms with van der Waals surface area (Å²) >= 11 is 0. The fraction of sp³-hybridized carbons (Fsp3) is 0.308. The minimum Gasteiger partial charge on any atom is -0.345 e. The molecular formula is C13H17N3. The van der Waals surface area contributed by atoms with Gasteiger partial charge in [0.15, 0.2) is 0 Å². The number of H-pyrrole nitrogens is 1. The zero-order chi connectivity index (χ0) is 11.4. The van der Waals surface area contributed by atoms with Crippen LogP contribution >= 0.6 is 0 Å². The first-order valence-electron chi connectivity index (χ1n) is 5.54. The van der Waals surface area contributed by atoms with Gasteiger partial charge in [0, 0.05) is 6.04 Å². The Bertz CT molecular complexity index is 417. The van der Waals surface area contributed by atoms with Crippen LogP contribution in [0.2, 0.25) is 0 Å². The van der Waals surface area contributed by atoms with E-state index in [-0.39, 0.29) is 0 Å². The first-order chi connectivity index (χ1) is 7.79. The fourth-order valence-corrected chi connectivity index (χ4v) is 1.69. The molecule has 1 unspecified atom stereocenters. The first-order valence-corrected chi connectivity index (χ1v) is 5.54. The van der Waals surface area contributed by atoms with Crippen LogP contribution in [0.3, 0.4) is 0 Å². The van der Waals surface area contributed by atoms with E-state index in [1.165, 1.54) is 11.1 Å². The molecule has 0 aliphatic rings. The first kappa shape index (κ1) is 10.9. The topological polar surface area (TPSA) is 40.7 Å². The maximum Gasteiger partial charge on any atom is 0.0924 e. The molecule has 3 nitrogen and oxygen atoms in total. The van der Waals surface area contributed by atoms with Crippen molar-refractivity contribution in [3.05, 3.63) is 42.4 Å². The normalized spacial score (nSPS) is 12.6.